The first-order valence-corrected chi connectivity index (χ1v) is 8.52. The zero-order valence-corrected chi connectivity index (χ0v) is 15.9. The number of halogens is 1. The van der Waals surface area contributed by atoms with Crippen LogP contribution in [0.3, 0.4) is 0 Å². The van der Waals surface area contributed by atoms with E-state index in [0.29, 0.717) is 17.0 Å². The van der Waals surface area contributed by atoms with Crippen LogP contribution in [-0.4, -0.2) is 28.4 Å². The van der Waals surface area contributed by atoms with E-state index in [2.05, 4.69) is 15.8 Å². The average Bonchev–Trinajstić information content (AvgIpc) is 2.66. The van der Waals surface area contributed by atoms with Crippen LogP contribution in [0.15, 0.2) is 47.6 Å². The molecule has 3 amide bonds. The minimum atomic E-state index is -0.660. The van der Waals surface area contributed by atoms with Crippen LogP contribution in [0.25, 0.3) is 0 Å². The van der Waals surface area contributed by atoms with Gasteiger partial charge >= 0.3 is 0 Å². The Bertz CT molecular complexity index is 1000. The van der Waals surface area contributed by atoms with Crippen LogP contribution in [0.4, 0.5) is 11.4 Å². The molecule has 0 unspecified atom stereocenters. The van der Waals surface area contributed by atoms with Gasteiger partial charge in [0.05, 0.1) is 11.3 Å². The number of rotatable bonds is 7. The highest BCUT2D eigenvalue weighted by Gasteiger charge is 2.15. The lowest BCUT2D eigenvalue weighted by Crippen LogP contribution is -2.21. The van der Waals surface area contributed by atoms with Crippen molar-refractivity contribution in [3.63, 3.8) is 0 Å². The Morgan fingerprint density at radius 3 is 2.31 bits per heavy atom. The molecule has 2 aromatic rings. The summed E-state index contributed by atoms with van der Waals surface area (Å²) in [6, 6.07) is 9.54. The van der Waals surface area contributed by atoms with Crippen molar-refractivity contribution in [3.05, 3.63) is 68.7 Å². The van der Waals surface area contributed by atoms with Gasteiger partial charge in [-0.3, -0.25) is 24.5 Å². The quantitative estimate of drug-likeness (QED) is 0.358. The molecule has 0 radical (unpaired) electrons. The number of carbonyl (C=O) groups is 3. The van der Waals surface area contributed by atoms with Crippen LogP contribution in [0.1, 0.15) is 34.1 Å². The number of hydrazone groups is 1. The summed E-state index contributed by atoms with van der Waals surface area (Å²) >= 11 is 5.77. The van der Waals surface area contributed by atoms with E-state index in [-0.39, 0.29) is 28.6 Å². The lowest BCUT2D eigenvalue weighted by atomic mass is 10.2. The van der Waals surface area contributed by atoms with Crippen LogP contribution in [0, 0.1) is 10.1 Å². The van der Waals surface area contributed by atoms with E-state index in [1.165, 1.54) is 30.3 Å². The Kier molecular flexibility index (Phi) is 6.99. The largest absolute Gasteiger partial charge is 0.366 e. The van der Waals surface area contributed by atoms with Crippen LogP contribution < -0.4 is 16.5 Å². The van der Waals surface area contributed by atoms with Gasteiger partial charge in [0.1, 0.15) is 5.02 Å². The standard InChI is InChI=1S/C18H16ClN5O5/c1-10(8-16(25)21-13-5-2-11(3-6-13)17(20)26)22-23-18(27)12-4-7-15(24(28)29)14(19)9-12/h2-7,9H,8H2,1H3,(H2,20,26)(H,21,25)(H,23,27)/b22-10-. The fourth-order valence-corrected chi connectivity index (χ4v) is 2.45. The molecule has 0 aliphatic heterocycles. The van der Waals surface area contributed by atoms with Gasteiger partial charge in [0.15, 0.2) is 0 Å². The highest BCUT2D eigenvalue weighted by atomic mass is 35.5. The number of hydrogen-bond donors (Lipinski definition) is 3. The Labute approximate surface area is 169 Å². The van der Waals surface area contributed by atoms with E-state index in [4.69, 9.17) is 17.3 Å². The van der Waals surface area contributed by atoms with Crippen molar-refractivity contribution in [2.45, 2.75) is 13.3 Å². The second-order valence-electron chi connectivity index (χ2n) is 5.88. The minimum absolute atomic E-state index is 0.0798. The first-order valence-electron chi connectivity index (χ1n) is 8.14. The fourth-order valence-electron chi connectivity index (χ4n) is 2.20. The number of nitro groups is 1. The summed E-state index contributed by atoms with van der Waals surface area (Å²) in [6.45, 7) is 1.54. The van der Waals surface area contributed by atoms with Gasteiger partial charge in [-0.1, -0.05) is 11.6 Å². The van der Waals surface area contributed by atoms with Gasteiger partial charge in [-0.25, -0.2) is 5.43 Å². The van der Waals surface area contributed by atoms with Gasteiger partial charge in [0.25, 0.3) is 11.6 Å². The molecule has 0 bridgehead atoms. The molecule has 2 rings (SSSR count). The van der Waals surface area contributed by atoms with E-state index < -0.39 is 16.7 Å². The normalized spacial score (nSPS) is 10.9. The minimum Gasteiger partial charge on any atom is -0.366 e. The molecule has 11 heteroatoms. The Morgan fingerprint density at radius 1 is 1.14 bits per heavy atom. The summed E-state index contributed by atoms with van der Waals surface area (Å²) in [5, 5.41) is 17.0. The molecule has 29 heavy (non-hydrogen) atoms. The van der Waals surface area contributed by atoms with Crippen molar-refractivity contribution in [2.75, 3.05) is 5.32 Å². The summed E-state index contributed by atoms with van der Waals surface area (Å²) in [5.74, 6) is -1.59. The second-order valence-corrected chi connectivity index (χ2v) is 6.29. The highest BCUT2D eigenvalue weighted by Crippen LogP contribution is 2.24. The third kappa shape index (κ3) is 6.11. The smallest absolute Gasteiger partial charge is 0.287 e. The first kappa shape index (κ1) is 21.5. The highest BCUT2D eigenvalue weighted by molar-refractivity contribution is 6.33. The SMILES string of the molecule is C/C(CC(=O)Nc1ccc(C(N)=O)cc1)=N/NC(=O)c1ccc([N+](=O)[O-])c(Cl)c1. The topological polar surface area (TPSA) is 157 Å². The number of hydrogen-bond acceptors (Lipinski definition) is 6. The van der Waals surface area contributed by atoms with E-state index >= 15 is 0 Å². The molecule has 4 N–H and O–H groups in total. The van der Waals surface area contributed by atoms with Crippen molar-refractivity contribution >= 4 is 46.4 Å². The predicted octanol–water partition coefficient (Wildman–Crippen LogP) is 2.48. The Hall–Kier alpha value is -3.79. The number of benzene rings is 2. The van der Waals surface area contributed by atoms with Gasteiger partial charge in [-0.2, -0.15) is 5.10 Å². The summed E-state index contributed by atoms with van der Waals surface area (Å²) in [5.41, 5.74) is 8.26. The number of nitro benzene ring substituents is 1. The molecular formula is C18H16ClN5O5. The lowest BCUT2D eigenvalue weighted by Gasteiger charge is -2.06. The van der Waals surface area contributed by atoms with Crippen LogP contribution in [-0.2, 0) is 4.79 Å². The summed E-state index contributed by atoms with van der Waals surface area (Å²) in [4.78, 5) is 45.2. The number of nitrogens with one attached hydrogen (secondary N) is 2. The molecule has 0 spiro atoms. The van der Waals surface area contributed by atoms with Crippen molar-refractivity contribution in [3.8, 4) is 0 Å². The number of carbonyl (C=O) groups excluding carboxylic acids is 3. The molecule has 0 saturated heterocycles. The molecule has 0 aliphatic rings. The molecule has 0 aromatic heterocycles. The van der Waals surface area contributed by atoms with Crippen molar-refractivity contribution in [1.29, 1.82) is 0 Å². The second kappa shape index (κ2) is 9.42. The zero-order chi connectivity index (χ0) is 21.6. The maximum absolute atomic E-state index is 12.1. The van der Waals surface area contributed by atoms with E-state index in [9.17, 15) is 24.5 Å². The van der Waals surface area contributed by atoms with E-state index in [0.717, 1.165) is 12.1 Å². The zero-order valence-electron chi connectivity index (χ0n) is 15.1. The van der Waals surface area contributed by atoms with Gasteiger partial charge in [0, 0.05) is 28.6 Å². The summed E-state index contributed by atoms with van der Waals surface area (Å²) < 4.78 is 0. The van der Waals surface area contributed by atoms with Crippen LogP contribution in [0.5, 0.6) is 0 Å². The van der Waals surface area contributed by atoms with Crippen LogP contribution in [0.2, 0.25) is 5.02 Å². The van der Waals surface area contributed by atoms with Crippen molar-refractivity contribution < 1.29 is 19.3 Å². The van der Waals surface area contributed by atoms with E-state index in [1.807, 2.05) is 0 Å². The molecular weight excluding hydrogens is 402 g/mol. The average molecular weight is 418 g/mol. The number of nitrogens with two attached hydrogens (primary N) is 1. The van der Waals surface area contributed by atoms with E-state index in [1.54, 1.807) is 6.92 Å². The van der Waals surface area contributed by atoms with Gasteiger partial charge in [0.2, 0.25) is 11.8 Å². The number of primary amides is 1. The Balaban J connectivity index is 1.92. The monoisotopic (exact) mass is 417 g/mol. The number of anilines is 1. The maximum atomic E-state index is 12.1. The number of amides is 3. The van der Waals surface area contributed by atoms with Crippen LogP contribution >= 0.6 is 11.6 Å². The third-order valence-corrected chi connectivity index (χ3v) is 3.93. The van der Waals surface area contributed by atoms with Gasteiger partial charge in [-0.15, -0.1) is 0 Å². The molecule has 2 aromatic carbocycles. The molecule has 0 saturated carbocycles. The molecule has 150 valence electrons. The predicted molar refractivity (Wildman–Crippen MR) is 107 cm³/mol. The third-order valence-electron chi connectivity index (χ3n) is 3.62. The molecule has 10 nitrogen and oxygen atoms in total. The fraction of sp³-hybridized carbons (Fsp3) is 0.111. The number of nitrogens with zero attached hydrogens (tertiary/aromatic N) is 2. The summed E-state index contributed by atoms with van der Waals surface area (Å²) in [7, 11) is 0. The van der Waals surface area contributed by atoms with Crippen molar-refractivity contribution in [2.24, 2.45) is 10.8 Å². The molecule has 0 aliphatic carbocycles. The van der Waals surface area contributed by atoms with Gasteiger partial charge in [-0.05, 0) is 43.3 Å². The maximum Gasteiger partial charge on any atom is 0.287 e. The van der Waals surface area contributed by atoms with Crippen molar-refractivity contribution in [1.82, 2.24) is 5.43 Å². The van der Waals surface area contributed by atoms with Gasteiger partial charge < -0.3 is 11.1 Å². The summed E-state index contributed by atoms with van der Waals surface area (Å²) in [6.07, 6.45) is -0.0983. The first-order chi connectivity index (χ1) is 13.7. The molecule has 0 heterocycles. The molecule has 0 atom stereocenters. The lowest BCUT2D eigenvalue weighted by molar-refractivity contribution is -0.384. The Morgan fingerprint density at radius 2 is 1.76 bits per heavy atom. The molecule has 0 fully saturated rings.